The Hall–Kier alpha value is -2.05. The summed E-state index contributed by atoms with van der Waals surface area (Å²) in [5, 5.41) is 11.4. The highest BCUT2D eigenvalue weighted by Gasteiger charge is 2.30. The molecule has 0 saturated heterocycles. The van der Waals surface area contributed by atoms with E-state index in [4.69, 9.17) is 9.84 Å². The van der Waals surface area contributed by atoms with Gasteiger partial charge in [-0.3, -0.25) is 5.32 Å². The predicted octanol–water partition coefficient (Wildman–Crippen LogP) is 2.33. The van der Waals surface area contributed by atoms with Gasteiger partial charge in [-0.25, -0.2) is 14.6 Å². The van der Waals surface area contributed by atoms with Crippen LogP contribution >= 0.6 is 0 Å². The van der Waals surface area contributed by atoms with Crippen LogP contribution in [0.3, 0.4) is 0 Å². The van der Waals surface area contributed by atoms with E-state index in [1.807, 2.05) is 0 Å². The fourth-order valence-electron chi connectivity index (χ4n) is 1.59. The van der Waals surface area contributed by atoms with E-state index < -0.39 is 17.7 Å². The minimum atomic E-state index is -1.16. The second kappa shape index (κ2) is 4.56. The number of aromatic amines is 1. The van der Waals surface area contributed by atoms with Gasteiger partial charge in [0.15, 0.2) is 11.5 Å². The molecule has 1 amide bonds. The molecule has 0 radical (unpaired) electrons. The van der Waals surface area contributed by atoms with Gasteiger partial charge in [0.2, 0.25) is 0 Å². The third-order valence-corrected chi connectivity index (χ3v) is 2.52. The van der Waals surface area contributed by atoms with Gasteiger partial charge in [0, 0.05) is 5.92 Å². The summed E-state index contributed by atoms with van der Waals surface area (Å²) in [5.41, 5.74) is -0.768. The van der Waals surface area contributed by atoms with Crippen molar-refractivity contribution in [1.29, 1.82) is 0 Å². The summed E-state index contributed by atoms with van der Waals surface area (Å²) in [7, 11) is 0. The SMILES string of the molecule is CC(C)(C)OC(=O)Nc1nc(C2CC2)[nH]c1C(=O)O. The van der Waals surface area contributed by atoms with Crippen LogP contribution in [0.5, 0.6) is 0 Å². The van der Waals surface area contributed by atoms with Crippen LogP contribution in [-0.4, -0.2) is 32.7 Å². The standard InChI is InChI=1S/C12H17N3O4/c1-12(2,3)19-11(18)15-9-7(10(16)17)13-8(14-9)6-4-5-6/h6H,4-5H2,1-3H3,(H,13,14)(H,15,18)(H,16,17). The molecule has 1 aromatic rings. The maximum atomic E-state index is 11.6. The number of ether oxygens (including phenoxy) is 1. The molecule has 0 aromatic carbocycles. The third kappa shape index (κ3) is 3.46. The van der Waals surface area contributed by atoms with Crippen molar-refractivity contribution >= 4 is 17.9 Å². The number of carbonyl (C=O) groups is 2. The zero-order valence-electron chi connectivity index (χ0n) is 11.1. The molecule has 1 fully saturated rings. The molecule has 1 aromatic heterocycles. The number of aromatic nitrogens is 2. The Morgan fingerprint density at radius 2 is 2.05 bits per heavy atom. The molecular weight excluding hydrogens is 250 g/mol. The number of nitrogens with zero attached hydrogens (tertiary/aromatic N) is 1. The first-order valence-corrected chi connectivity index (χ1v) is 6.09. The minimum Gasteiger partial charge on any atom is -0.476 e. The Bertz CT molecular complexity index is 512. The van der Waals surface area contributed by atoms with Crippen molar-refractivity contribution in [3.8, 4) is 0 Å². The molecule has 0 aliphatic heterocycles. The Balaban J connectivity index is 2.14. The van der Waals surface area contributed by atoms with Crippen LogP contribution in [0, 0.1) is 0 Å². The van der Waals surface area contributed by atoms with E-state index in [9.17, 15) is 9.59 Å². The van der Waals surface area contributed by atoms with Crippen molar-refractivity contribution in [2.45, 2.75) is 45.1 Å². The Morgan fingerprint density at radius 3 is 2.53 bits per heavy atom. The smallest absolute Gasteiger partial charge is 0.413 e. The van der Waals surface area contributed by atoms with E-state index in [0.717, 1.165) is 12.8 Å². The topological polar surface area (TPSA) is 104 Å². The van der Waals surface area contributed by atoms with E-state index in [2.05, 4.69) is 15.3 Å². The summed E-state index contributed by atoms with van der Waals surface area (Å²) in [4.78, 5) is 29.5. The van der Waals surface area contributed by atoms with Crippen LogP contribution < -0.4 is 5.32 Å². The van der Waals surface area contributed by atoms with Crippen molar-refractivity contribution in [2.75, 3.05) is 5.32 Å². The number of aromatic carboxylic acids is 1. The molecule has 0 spiro atoms. The molecule has 1 aliphatic carbocycles. The van der Waals surface area contributed by atoms with Crippen LogP contribution in [0.1, 0.15) is 55.8 Å². The molecule has 0 unspecified atom stereocenters. The molecule has 1 heterocycles. The lowest BCUT2D eigenvalue weighted by molar-refractivity contribution is 0.0635. The Labute approximate surface area is 110 Å². The maximum Gasteiger partial charge on any atom is 0.413 e. The highest BCUT2D eigenvalue weighted by atomic mass is 16.6. The van der Waals surface area contributed by atoms with Crippen LogP contribution in [0.15, 0.2) is 0 Å². The molecular formula is C12H17N3O4. The van der Waals surface area contributed by atoms with Gasteiger partial charge in [0.1, 0.15) is 11.4 Å². The van der Waals surface area contributed by atoms with Gasteiger partial charge in [-0.05, 0) is 33.6 Å². The summed E-state index contributed by atoms with van der Waals surface area (Å²) in [6, 6.07) is 0. The summed E-state index contributed by atoms with van der Waals surface area (Å²) in [6.07, 6.45) is 1.25. The van der Waals surface area contributed by atoms with Gasteiger partial charge < -0.3 is 14.8 Å². The number of anilines is 1. The summed E-state index contributed by atoms with van der Waals surface area (Å²) < 4.78 is 5.06. The zero-order valence-corrected chi connectivity index (χ0v) is 11.1. The summed E-state index contributed by atoms with van der Waals surface area (Å²) in [5.74, 6) is -0.287. The quantitative estimate of drug-likeness (QED) is 0.779. The highest BCUT2D eigenvalue weighted by molar-refractivity contribution is 5.96. The van der Waals surface area contributed by atoms with Gasteiger partial charge in [-0.15, -0.1) is 0 Å². The first-order valence-electron chi connectivity index (χ1n) is 6.09. The van der Waals surface area contributed by atoms with Crippen LogP contribution in [0.25, 0.3) is 0 Å². The van der Waals surface area contributed by atoms with Crippen molar-refractivity contribution in [3.05, 3.63) is 11.5 Å². The molecule has 1 aliphatic rings. The number of amides is 1. The first kappa shape index (κ1) is 13.4. The van der Waals surface area contributed by atoms with Gasteiger partial charge in [0.25, 0.3) is 0 Å². The Kier molecular flexibility index (Phi) is 3.21. The number of carboxylic acid groups (broad SMARTS) is 1. The predicted molar refractivity (Wildman–Crippen MR) is 67.4 cm³/mol. The number of H-pyrrole nitrogens is 1. The van der Waals surface area contributed by atoms with Gasteiger partial charge in [-0.2, -0.15) is 0 Å². The number of nitrogens with one attached hydrogen (secondary N) is 2. The molecule has 2 rings (SSSR count). The second-order valence-corrected chi connectivity index (χ2v) is 5.55. The van der Waals surface area contributed by atoms with E-state index >= 15 is 0 Å². The van der Waals surface area contributed by atoms with Crippen molar-refractivity contribution in [2.24, 2.45) is 0 Å². The molecule has 3 N–H and O–H groups in total. The molecule has 19 heavy (non-hydrogen) atoms. The number of carboxylic acids is 1. The van der Waals surface area contributed by atoms with Crippen molar-refractivity contribution in [1.82, 2.24) is 9.97 Å². The lowest BCUT2D eigenvalue weighted by Gasteiger charge is -2.19. The largest absolute Gasteiger partial charge is 0.476 e. The van der Waals surface area contributed by atoms with E-state index in [1.54, 1.807) is 20.8 Å². The molecule has 1 saturated carbocycles. The maximum absolute atomic E-state index is 11.6. The van der Waals surface area contributed by atoms with Crippen molar-refractivity contribution in [3.63, 3.8) is 0 Å². The number of imidazole rings is 1. The zero-order chi connectivity index (χ0) is 14.2. The molecule has 7 nitrogen and oxygen atoms in total. The number of rotatable bonds is 3. The highest BCUT2D eigenvalue weighted by Crippen LogP contribution is 2.39. The number of carbonyl (C=O) groups excluding carboxylic acids is 1. The monoisotopic (exact) mass is 267 g/mol. The van der Waals surface area contributed by atoms with Gasteiger partial charge in [-0.1, -0.05) is 0 Å². The summed E-state index contributed by atoms with van der Waals surface area (Å²) in [6.45, 7) is 5.18. The Morgan fingerprint density at radius 1 is 1.42 bits per heavy atom. The lowest BCUT2D eigenvalue weighted by Crippen LogP contribution is -2.27. The van der Waals surface area contributed by atoms with Gasteiger partial charge >= 0.3 is 12.1 Å². The molecule has 7 heteroatoms. The van der Waals surface area contributed by atoms with Crippen molar-refractivity contribution < 1.29 is 19.4 Å². The van der Waals surface area contributed by atoms with E-state index in [1.165, 1.54) is 0 Å². The fraction of sp³-hybridized carbons (Fsp3) is 0.583. The second-order valence-electron chi connectivity index (χ2n) is 5.55. The third-order valence-electron chi connectivity index (χ3n) is 2.52. The molecule has 104 valence electrons. The fourth-order valence-corrected chi connectivity index (χ4v) is 1.59. The van der Waals surface area contributed by atoms with Crippen LogP contribution in [-0.2, 0) is 4.74 Å². The van der Waals surface area contributed by atoms with Crippen LogP contribution in [0.2, 0.25) is 0 Å². The van der Waals surface area contributed by atoms with E-state index in [-0.39, 0.29) is 17.4 Å². The summed E-state index contributed by atoms with van der Waals surface area (Å²) >= 11 is 0. The lowest BCUT2D eigenvalue weighted by atomic mass is 10.2. The van der Waals surface area contributed by atoms with Gasteiger partial charge in [0.05, 0.1) is 0 Å². The average Bonchev–Trinajstić information content (AvgIpc) is 2.98. The van der Waals surface area contributed by atoms with E-state index in [0.29, 0.717) is 5.82 Å². The molecule has 0 atom stereocenters. The van der Waals surface area contributed by atoms with Crippen LogP contribution in [0.4, 0.5) is 10.6 Å². The number of hydrogen-bond acceptors (Lipinski definition) is 4. The number of hydrogen-bond donors (Lipinski definition) is 3. The average molecular weight is 267 g/mol. The first-order chi connectivity index (χ1) is 8.76. The molecule has 0 bridgehead atoms. The minimum absolute atomic E-state index is 0.00338. The normalized spacial score (nSPS) is 15.1.